The Balaban J connectivity index is 2.20. The van der Waals surface area contributed by atoms with Gasteiger partial charge in [-0.15, -0.1) is 0 Å². The first-order valence-corrected chi connectivity index (χ1v) is 8.16. The van der Waals surface area contributed by atoms with Gasteiger partial charge in [0.2, 0.25) is 0 Å². The Kier molecular flexibility index (Phi) is 4.33. The van der Waals surface area contributed by atoms with E-state index in [1.165, 1.54) is 12.1 Å². The number of aromatic nitrogens is 1. The molecule has 1 saturated heterocycles. The first-order chi connectivity index (χ1) is 11.7. The zero-order chi connectivity index (χ0) is 18.4. The van der Waals surface area contributed by atoms with E-state index in [1.807, 2.05) is 0 Å². The quantitative estimate of drug-likeness (QED) is 0.896. The second-order valence-corrected chi connectivity index (χ2v) is 6.53. The highest BCUT2D eigenvalue weighted by Gasteiger charge is 2.35. The van der Waals surface area contributed by atoms with Crippen LogP contribution in [-0.2, 0) is 0 Å². The summed E-state index contributed by atoms with van der Waals surface area (Å²) in [6.45, 7) is 3.69. The molecule has 2 aromatic rings. The molecule has 1 aliphatic rings. The van der Waals surface area contributed by atoms with Gasteiger partial charge in [0.05, 0.1) is 11.1 Å². The number of halogens is 3. The van der Waals surface area contributed by atoms with Crippen molar-refractivity contribution in [2.45, 2.75) is 38.7 Å². The maximum atomic E-state index is 14.2. The van der Waals surface area contributed by atoms with Crippen molar-refractivity contribution in [1.29, 1.82) is 5.26 Å². The fourth-order valence-electron chi connectivity index (χ4n) is 3.37. The van der Waals surface area contributed by atoms with Crippen LogP contribution in [0.15, 0.2) is 12.1 Å². The zero-order valence-electron chi connectivity index (χ0n) is 14.1. The molecule has 0 saturated carbocycles. The van der Waals surface area contributed by atoms with Crippen molar-refractivity contribution < 1.29 is 13.2 Å². The lowest BCUT2D eigenvalue weighted by molar-refractivity contribution is -0.0221. The highest BCUT2D eigenvalue weighted by atomic mass is 19.3. The Morgan fingerprint density at radius 1 is 1.32 bits per heavy atom. The van der Waals surface area contributed by atoms with E-state index in [0.717, 1.165) is 0 Å². The molecule has 1 atom stereocenters. The third kappa shape index (κ3) is 3.02. The van der Waals surface area contributed by atoms with E-state index in [4.69, 9.17) is 5.73 Å². The Morgan fingerprint density at radius 2 is 1.96 bits per heavy atom. The maximum Gasteiger partial charge on any atom is 0.251 e. The number of hydrogen-bond donors (Lipinski definition) is 1. The van der Waals surface area contributed by atoms with Gasteiger partial charge in [0, 0.05) is 48.5 Å². The third-order valence-electron chi connectivity index (χ3n) is 4.72. The van der Waals surface area contributed by atoms with E-state index in [1.54, 1.807) is 18.7 Å². The van der Waals surface area contributed by atoms with Gasteiger partial charge in [-0.3, -0.25) is 0 Å². The average Bonchev–Trinajstić information content (AvgIpc) is 2.54. The van der Waals surface area contributed by atoms with Crippen molar-refractivity contribution in [2.75, 3.05) is 18.0 Å². The Hall–Kier alpha value is -2.33. The minimum absolute atomic E-state index is 0.165. The van der Waals surface area contributed by atoms with Gasteiger partial charge in [-0.25, -0.2) is 18.2 Å². The van der Waals surface area contributed by atoms with E-state index in [-0.39, 0.29) is 31.5 Å². The molecule has 0 aliphatic carbocycles. The summed E-state index contributed by atoms with van der Waals surface area (Å²) in [4.78, 5) is 6.31. The summed E-state index contributed by atoms with van der Waals surface area (Å²) in [6.07, 6.45) is -0.495. The summed E-state index contributed by atoms with van der Waals surface area (Å²) in [5.74, 6) is -2.64. The lowest BCUT2D eigenvalue weighted by atomic mass is 9.95. The maximum absolute atomic E-state index is 14.2. The number of fused-ring (bicyclic) bond motifs is 1. The summed E-state index contributed by atoms with van der Waals surface area (Å²) >= 11 is 0. The van der Waals surface area contributed by atoms with Crippen LogP contribution >= 0.6 is 0 Å². The molecule has 2 heterocycles. The predicted molar refractivity (Wildman–Crippen MR) is 90.1 cm³/mol. The molecule has 1 aromatic heterocycles. The molecule has 1 fully saturated rings. The van der Waals surface area contributed by atoms with Crippen LogP contribution in [0.3, 0.4) is 0 Å². The zero-order valence-corrected chi connectivity index (χ0v) is 14.1. The number of hydrogen-bond acceptors (Lipinski definition) is 4. The van der Waals surface area contributed by atoms with Gasteiger partial charge in [-0.1, -0.05) is 0 Å². The molecule has 132 valence electrons. The van der Waals surface area contributed by atoms with Crippen LogP contribution in [0.25, 0.3) is 10.9 Å². The van der Waals surface area contributed by atoms with Gasteiger partial charge in [-0.2, -0.15) is 5.26 Å². The van der Waals surface area contributed by atoms with Crippen LogP contribution in [0.4, 0.5) is 19.0 Å². The smallest absolute Gasteiger partial charge is 0.251 e. The minimum atomic E-state index is -2.66. The van der Waals surface area contributed by atoms with E-state index >= 15 is 0 Å². The third-order valence-corrected chi connectivity index (χ3v) is 4.72. The molecule has 1 aromatic carbocycles. The second kappa shape index (κ2) is 6.19. The largest absolute Gasteiger partial charge is 0.356 e. The van der Waals surface area contributed by atoms with Crippen molar-refractivity contribution in [3.63, 3.8) is 0 Å². The lowest BCUT2D eigenvalue weighted by Crippen LogP contribution is -2.40. The molecular formula is C18H19F3N4. The number of nitrogens with two attached hydrogens (primary N) is 1. The number of pyridine rings is 1. The average molecular weight is 348 g/mol. The van der Waals surface area contributed by atoms with Gasteiger partial charge >= 0.3 is 0 Å². The van der Waals surface area contributed by atoms with Crippen LogP contribution in [0, 0.1) is 24.1 Å². The van der Waals surface area contributed by atoms with Crippen molar-refractivity contribution in [3.8, 4) is 6.07 Å². The van der Waals surface area contributed by atoms with Crippen LogP contribution < -0.4 is 10.6 Å². The molecule has 3 rings (SSSR count). The molecule has 1 aliphatic heterocycles. The minimum Gasteiger partial charge on any atom is -0.356 e. The first kappa shape index (κ1) is 17.5. The Morgan fingerprint density at radius 3 is 2.52 bits per heavy atom. The molecule has 0 bridgehead atoms. The number of nitriles is 1. The van der Waals surface area contributed by atoms with E-state index in [2.05, 4.69) is 11.1 Å². The first-order valence-electron chi connectivity index (χ1n) is 8.16. The van der Waals surface area contributed by atoms with Gasteiger partial charge in [-0.05, 0) is 26.0 Å². The number of piperidine rings is 1. The Bertz CT molecular complexity index is 861. The molecule has 4 nitrogen and oxygen atoms in total. The van der Waals surface area contributed by atoms with Crippen LogP contribution in [-0.4, -0.2) is 24.0 Å². The van der Waals surface area contributed by atoms with Crippen molar-refractivity contribution in [3.05, 3.63) is 34.6 Å². The summed E-state index contributed by atoms with van der Waals surface area (Å²) in [5.41, 5.74) is 7.45. The lowest BCUT2D eigenvalue weighted by Gasteiger charge is -2.33. The van der Waals surface area contributed by atoms with Crippen molar-refractivity contribution in [1.82, 2.24) is 4.98 Å². The van der Waals surface area contributed by atoms with Crippen LogP contribution in [0.2, 0.25) is 0 Å². The molecule has 7 heteroatoms. The van der Waals surface area contributed by atoms with Gasteiger partial charge in [0.25, 0.3) is 5.92 Å². The fraction of sp³-hybridized carbons (Fsp3) is 0.444. The predicted octanol–water partition coefficient (Wildman–Crippen LogP) is 3.81. The van der Waals surface area contributed by atoms with Gasteiger partial charge < -0.3 is 10.6 Å². The molecule has 1 unspecified atom stereocenters. The highest BCUT2D eigenvalue weighted by molar-refractivity contribution is 5.92. The molecule has 0 radical (unpaired) electrons. The number of anilines is 1. The molecule has 2 N–H and O–H groups in total. The SMILES string of the molecule is Cc1c(N2CCC(F)(F)CC2)nc2ccc(F)c(C(C)N)c2c1C#N. The number of benzene rings is 1. The Labute approximate surface area is 144 Å². The topological polar surface area (TPSA) is 65.9 Å². The van der Waals surface area contributed by atoms with Crippen molar-refractivity contribution in [2.24, 2.45) is 5.73 Å². The molecule has 25 heavy (non-hydrogen) atoms. The van der Waals surface area contributed by atoms with Gasteiger partial charge in [0.15, 0.2) is 0 Å². The summed E-state index contributed by atoms with van der Waals surface area (Å²) in [7, 11) is 0. The van der Waals surface area contributed by atoms with E-state index in [0.29, 0.717) is 27.8 Å². The summed E-state index contributed by atoms with van der Waals surface area (Å²) in [5, 5.41) is 10.0. The summed E-state index contributed by atoms with van der Waals surface area (Å²) < 4.78 is 41.1. The molecule has 0 spiro atoms. The van der Waals surface area contributed by atoms with Crippen LogP contribution in [0.1, 0.15) is 42.5 Å². The number of nitrogens with zero attached hydrogens (tertiary/aromatic N) is 3. The molecule has 0 amide bonds. The fourth-order valence-corrected chi connectivity index (χ4v) is 3.37. The van der Waals surface area contributed by atoms with Crippen LogP contribution in [0.5, 0.6) is 0 Å². The van der Waals surface area contributed by atoms with E-state index in [9.17, 15) is 18.4 Å². The molecular weight excluding hydrogens is 329 g/mol. The monoisotopic (exact) mass is 348 g/mol. The number of alkyl halides is 2. The van der Waals surface area contributed by atoms with E-state index < -0.39 is 17.8 Å². The second-order valence-electron chi connectivity index (χ2n) is 6.53. The summed E-state index contributed by atoms with van der Waals surface area (Å²) in [6, 6.07) is 4.29. The van der Waals surface area contributed by atoms with Crippen molar-refractivity contribution >= 4 is 16.7 Å². The normalized spacial score (nSPS) is 18.2. The standard InChI is InChI=1S/C18H19F3N4/c1-10-12(9-22)16-14(4-3-13(19)15(16)11(2)23)24-17(10)25-7-5-18(20,21)6-8-25/h3-4,11H,5-8,23H2,1-2H3. The number of rotatable bonds is 2. The van der Waals surface area contributed by atoms with Gasteiger partial charge in [0.1, 0.15) is 17.7 Å². The highest BCUT2D eigenvalue weighted by Crippen LogP contribution is 2.36.